The Hall–Kier alpha value is -1.84. The molecule has 0 aromatic carbocycles. The average Bonchev–Trinajstić information content (AvgIpc) is 3.21. The molecule has 17 heteroatoms. The van der Waals surface area contributed by atoms with Crippen molar-refractivity contribution in [3.05, 3.63) is 11.6 Å². The van der Waals surface area contributed by atoms with E-state index in [-0.39, 0.29) is 39.4 Å². The molecule has 7 fully saturated rings. The molecule has 0 aromatic heterocycles. The molecule has 6 unspecified atom stereocenters. The number of aliphatic carboxylic acids is 2. The largest absolute Gasteiger partial charge is 0.481 e. The van der Waals surface area contributed by atoms with Gasteiger partial charge in [0.2, 0.25) is 0 Å². The van der Waals surface area contributed by atoms with Gasteiger partial charge in [0.05, 0.1) is 24.2 Å². The van der Waals surface area contributed by atoms with Crippen LogP contribution in [0.25, 0.3) is 0 Å². The maximum Gasteiger partial charge on any atom is 0.335 e. The standard InChI is InChI=1S/C47H74O17/c1-21-28(49)30(51)32(53)39(60-21)62-34-33(54)35(63-38-31(52)29(50)24(48)20-59-38)40(64-36(34)37(55)56)61-27-12-13-44(6)25(43(27,4)5)11-14-46(8)26(44)10-9-22-23-19-42(2,3)15-17-47(23,41(57)58)18-16-45(22,46)7/h9,21,23-36,38-40,48-54H,10-20H2,1-8H3,(H,55,56)(H,57,58)/t21-,23+,24-,25?,26?,27+,28-,29-,30+,31+,32+,33?,34+,35+,36?,38?,39?,40-,44+,45-,46-,47+/m1/s1. The molecule has 0 spiro atoms. The van der Waals surface area contributed by atoms with Crippen LogP contribution >= 0.6 is 0 Å². The Morgan fingerprint density at radius 2 is 1.33 bits per heavy atom. The number of hydrogen-bond acceptors (Lipinski definition) is 15. The minimum absolute atomic E-state index is 0.00576. The number of allylic oxidation sites excluding steroid dienone is 2. The van der Waals surface area contributed by atoms with Crippen molar-refractivity contribution in [3.8, 4) is 0 Å². The molecule has 17 nitrogen and oxygen atoms in total. The molecule has 9 N–H and O–H groups in total. The molecule has 0 aromatic rings. The highest BCUT2D eigenvalue weighted by atomic mass is 16.8. The lowest BCUT2D eigenvalue weighted by Crippen LogP contribution is -2.68. The Morgan fingerprint density at radius 3 is 2.00 bits per heavy atom. The van der Waals surface area contributed by atoms with Gasteiger partial charge in [-0.2, -0.15) is 0 Å². The highest BCUT2D eigenvalue weighted by Crippen LogP contribution is 2.76. The van der Waals surface area contributed by atoms with Gasteiger partial charge in [0.1, 0.15) is 54.9 Å². The summed E-state index contributed by atoms with van der Waals surface area (Å²) in [6, 6.07) is 0. The number of carbonyl (C=O) groups is 2. The van der Waals surface area contributed by atoms with E-state index < -0.39 is 121 Å². The fourth-order valence-corrected chi connectivity index (χ4v) is 14.8. The van der Waals surface area contributed by atoms with E-state index in [1.165, 1.54) is 12.5 Å². The van der Waals surface area contributed by atoms with E-state index in [1.54, 1.807) is 0 Å². The molecule has 4 saturated carbocycles. The number of carboxylic acid groups (broad SMARTS) is 2. The van der Waals surface area contributed by atoms with Crippen LogP contribution in [-0.2, 0) is 38.0 Å². The second-order valence-corrected chi connectivity index (χ2v) is 23.0. The maximum atomic E-state index is 13.1. The number of aliphatic hydroxyl groups is 7. The lowest BCUT2D eigenvalue weighted by Gasteiger charge is -2.71. The van der Waals surface area contributed by atoms with Gasteiger partial charge in [-0.15, -0.1) is 0 Å². The summed E-state index contributed by atoms with van der Waals surface area (Å²) in [6.45, 7) is 17.1. The molecule has 3 aliphatic heterocycles. The lowest BCUT2D eigenvalue weighted by molar-refractivity contribution is -0.385. The van der Waals surface area contributed by atoms with E-state index in [9.17, 15) is 55.5 Å². The summed E-state index contributed by atoms with van der Waals surface area (Å²) in [5.41, 5.74) is -0.310. The van der Waals surface area contributed by atoms with Crippen LogP contribution in [0.3, 0.4) is 0 Å². The highest BCUT2D eigenvalue weighted by molar-refractivity contribution is 5.76. The summed E-state index contributed by atoms with van der Waals surface area (Å²) in [4.78, 5) is 26.1. The minimum atomic E-state index is -1.93. The Morgan fingerprint density at radius 1 is 0.672 bits per heavy atom. The number of ether oxygens (including phenoxy) is 6. The number of rotatable bonds is 8. The van der Waals surface area contributed by atoms with E-state index in [1.807, 2.05) is 0 Å². The SMILES string of the molecule is C[C@H]1OC(O[C@@H]2C(C(=O)O)O[C@@H](O[C@H]3CC[C@@]4(C)C(CC[C@]5(C)C4CC=C4[C@@H]6CC(C)(C)CC[C@]6(C(=O)O)CC[C@]45C)C3(C)C)[C@@H](OC3OC[C@@H](O)[C@@H](O)[C@@H]3O)C2O)[C@@H](O)[C@@H](O)[C@@H]1O. The summed E-state index contributed by atoms with van der Waals surface area (Å²) in [6.07, 6.45) is -13.5. The topological polar surface area (TPSA) is 272 Å². The fraction of sp³-hybridized carbons (Fsp3) is 0.915. The predicted octanol–water partition coefficient (Wildman–Crippen LogP) is 2.47. The third-order valence-electron chi connectivity index (χ3n) is 18.9. The van der Waals surface area contributed by atoms with Gasteiger partial charge in [-0.05, 0) is 116 Å². The first kappa shape index (κ1) is 48.6. The molecule has 0 bridgehead atoms. The molecular weight excluding hydrogens is 837 g/mol. The zero-order chi connectivity index (χ0) is 46.9. The number of carboxylic acids is 2. The number of aliphatic hydroxyl groups excluding tert-OH is 7. The van der Waals surface area contributed by atoms with Crippen molar-refractivity contribution in [2.75, 3.05) is 6.61 Å². The third-order valence-corrected chi connectivity index (χ3v) is 18.9. The fourth-order valence-electron chi connectivity index (χ4n) is 14.8. The van der Waals surface area contributed by atoms with Crippen molar-refractivity contribution in [2.24, 2.45) is 50.2 Å². The van der Waals surface area contributed by atoms with Gasteiger partial charge in [0, 0.05) is 0 Å². The second-order valence-electron chi connectivity index (χ2n) is 23.0. The summed E-state index contributed by atoms with van der Waals surface area (Å²) in [5.74, 6) is -1.81. The van der Waals surface area contributed by atoms with E-state index in [0.717, 1.165) is 44.9 Å². The van der Waals surface area contributed by atoms with E-state index in [0.29, 0.717) is 19.3 Å². The molecule has 3 saturated heterocycles. The highest BCUT2D eigenvalue weighted by Gasteiger charge is 2.70. The molecule has 22 atom stereocenters. The van der Waals surface area contributed by atoms with Crippen LogP contribution in [0, 0.1) is 50.2 Å². The summed E-state index contributed by atoms with van der Waals surface area (Å²) in [7, 11) is 0. The first-order valence-corrected chi connectivity index (χ1v) is 23.6. The van der Waals surface area contributed by atoms with Crippen molar-refractivity contribution in [3.63, 3.8) is 0 Å². The van der Waals surface area contributed by atoms with Gasteiger partial charge in [0.15, 0.2) is 25.0 Å². The van der Waals surface area contributed by atoms with Crippen molar-refractivity contribution in [1.82, 2.24) is 0 Å². The molecule has 364 valence electrons. The minimum Gasteiger partial charge on any atom is -0.481 e. The smallest absolute Gasteiger partial charge is 0.335 e. The summed E-state index contributed by atoms with van der Waals surface area (Å²) < 4.78 is 36.1. The molecule has 8 rings (SSSR count). The molecule has 8 aliphatic rings. The first-order chi connectivity index (χ1) is 29.7. The van der Waals surface area contributed by atoms with Crippen LogP contribution in [0.2, 0.25) is 0 Å². The van der Waals surface area contributed by atoms with Gasteiger partial charge in [-0.25, -0.2) is 4.79 Å². The zero-order valence-corrected chi connectivity index (χ0v) is 38.5. The zero-order valence-electron chi connectivity index (χ0n) is 38.5. The van der Waals surface area contributed by atoms with Gasteiger partial charge in [0.25, 0.3) is 0 Å². The van der Waals surface area contributed by atoms with Crippen LogP contribution in [0.4, 0.5) is 0 Å². The predicted molar refractivity (Wildman–Crippen MR) is 224 cm³/mol. The molecule has 5 aliphatic carbocycles. The van der Waals surface area contributed by atoms with Crippen LogP contribution < -0.4 is 0 Å². The first-order valence-electron chi connectivity index (χ1n) is 23.6. The normalized spacial score (nSPS) is 53.4. The molecule has 64 heavy (non-hydrogen) atoms. The summed E-state index contributed by atoms with van der Waals surface area (Å²) in [5, 5.41) is 96.4. The average molecular weight is 911 g/mol. The second kappa shape index (κ2) is 16.7. The van der Waals surface area contributed by atoms with Crippen LogP contribution in [0.5, 0.6) is 0 Å². The molecule has 0 amide bonds. The Kier molecular flexibility index (Phi) is 12.7. The molecular formula is C47H74O17. The number of fused-ring (bicyclic) bond motifs is 7. The van der Waals surface area contributed by atoms with Gasteiger partial charge in [-0.3, -0.25) is 4.79 Å². The monoisotopic (exact) mass is 910 g/mol. The number of hydrogen-bond donors (Lipinski definition) is 9. The Bertz CT molecular complexity index is 1810. The third kappa shape index (κ3) is 7.45. The Labute approximate surface area is 375 Å². The summed E-state index contributed by atoms with van der Waals surface area (Å²) >= 11 is 0. The van der Waals surface area contributed by atoms with E-state index in [2.05, 4.69) is 54.5 Å². The molecule has 0 radical (unpaired) electrons. The van der Waals surface area contributed by atoms with E-state index >= 15 is 0 Å². The van der Waals surface area contributed by atoms with Crippen LogP contribution in [-0.4, -0.2) is 157 Å². The van der Waals surface area contributed by atoms with Crippen LogP contribution in [0.1, 0.15) is 120 Å². The van der Waals surface area contributed by atoms with Crippen molar-refractivity contribution in [2.45, 2.75) is 212 Å². The van der Waals surface area contributed by atoms with E-state index in [4.69, 9.17) is 28.4 Å². The lowest BCUT2D eigenvalue weighted by atomic mass is 9.33. The van der Waals surface area contributed by atoms with Gasteiger partial charge >= 0.3 is 11.9 Å². The maximum absolute atomic E-state index is 13.1. The van der Waals surface area contributed by atoms with Crippen molar-refractivity contribution in [1.29, 1.82) is 0 Å². The van der Waals surface area contributed by atoms with Crippen molar-refractivity contribution < 1.29 is 84.0 Å². The molecule has 3 heterocycles. The quantitative estimate of drug-likeness (QED) is 0.125. The Balaban J connectivity index is 1.07. The van der Waals surface area contributed by atoms with Crippen molar-refractivity contribution >= 4 is 11.9 Å². The van der Waals surface area contributed by atoms with Gasteiger partial charge < -0.3 is 74.4 Å². The van der Waals surface area contributed by atoms with Gasteiger partial charge in [-0.1, -0.05) is 60.1 Å². The van der Waals surface area contributed by atoms with Crippen LogP contribution in [0.15, 0.2) is 11.6 Å².